The van der Waals surface area contributed by atoms with Gasteiger partial charge in [0.25, 0.3) is 5.56 Å². The Morgan fingerprint density at radius 3 is 1.96 bits per heavy atom. The zero-order chi connectivity index (χ0) is 40.2. The molecular formula is C38H43F9N2O4. The van der Waals surface area contributed by atoms with Gasteiger partial charge in [-0.15, -0.1) is 0 Å². The van der Waals surface area contributed by atoms with Crippen LogP contribution in [-0.2, 0) is 33.1 Å². The third-order valence-electron chi connectivity index (χ3n) is 9.05. The van der Waals surface area contributed by atoms with Gasteiger partial charge in [-0.2, -0.15) is 26.3 Å². The van der Waals surface area contributed by atoms with Gasteiger partial charge in [-0.1, -0.05) is 20.8 Å². The first kappa shape index (κ1) is 43.3. The fraction of sp³-hybridized carbons (Fsp3) is 0.500. The Morgan fingerprint density at radius 1 is 0.868 bits per heavy atom. The number of aromatic nitrogens is 1. The van der Waals surface area contributed by atoms with E-state index in [1.54, 1.807) is 32.7 Å². The summed E-state index contributed by atoms with van der Waals surface area (Å²) in [5, 5.41) is 0. The number of nitrogens with zero attached hydrogens (tertiary/aromatic N) is 2. The van der Waals surface area contributed by atoms with Crippen LogP contribution in [0, 0.1) is 37.2 Å². The molecule has 15 heteroatoms. The van der Waals surface area contributed by atoms with Gasteiger partial charge in [0.15, 0.2) is 5.78 Å². The number of rotatable bonds is 15. The number of Topliss-reactive ketones (excluding diaryl/α,β-unsaturated/α-hetero) is 1. The van der Waals surface area contributed by atoms with Crippen LogP contribution in [0.1, 0.15) is 92.3 Å². The number of esters is 1. The lowest BCUT2D eigenvalue weighted by Gasteiger charge is -2.27. The predicted octanol–water partition coefficient (Wildman–Crippen LogP) is 9.36. The van der Waals surface area contributed by atoms with E-state index in [1.807, 2.05) is 0 Å². The van der Waals surface area contributed by atoms with Gasteiger partial charge < -0.3 is 14.2 Å². The van der Waals surface area contributed by atoms with Gasteiger partial charge in [0.05, 0.1) is 30.2 Å². The van der Waals surface area contributed by atoms with E-state index < -0.39 is 94.2 Å². The third-order valence-corrected chi connectivity index (χ3v) is 9.05. The summed E-state index contributed by atoms with van der Waals surface area (Å²) in [7, 11) is 1.67. The molecular weight excluding hydrogens is 719 g/mol. The minimum absolute atomic E-state index is 0.0183. The van der Waals surface area contributed by atoms with Crippen LogP contribution in [0.15, 0.2) is 35.3 Å². The third kappa shape index (κ3) is 10.5. The van der Waals surface area contributed by atoms with Gasteiger partial charge in [-0.25, -0.2) is 13.2 Å². The molecule has 0 saturated carbocycles. The van der Waals surface area contributed by atoms with E-state index in [9.17, 15) is 45.1 Å². The van der Waals surface area contributed by atoms with Crippen molar-refractivity contribution in [2.45, 2.75) is 91.5 Å². The Kier molecular flexibility index (Phi) is 14.2. The molecule has 0 spiro atoms. The lowest BCUT2D eigenvalue weighted by molar-refractivity contribution is -0.143. The van der Waals surface area contributed by atoms with Crippen LogP contribution in [0.5, 0.6) is 0 Å². The van der Waals surface area contributed by atoms with Gasteiger partial charge in [0.1, 0.15) is 17.5 Å². The number of alkyl halides is 6. The van der Waals surface area contributed by atoms with Crippen LogP contribution in [0.25, 0.3) is 11.1 Å². The maximum absolute atomic E-state index is 16.6. The first-order chi connectivity index (χ1) is 24.5. The molecule has 3 rings (SSSR count). The van der Waals surface area contributed by atoms with Gasteiger partial charge in [-0.3, -0.25) is 14.4 Å². The monoisotopic (exact) mass is 762 g/mol. The fourth-order valence-corrected chi connectivity index (χ4v) is 6.43. The number of carbonyl (C=O) groups is 2. The second-order valence-electron chi connectivity index (χ2n) is 13.5. The van der Waals surface area contributed by atoms with Crippen molar-refractivity contribution in [3.63, 3.8) is 0 Å². The number of halogens is 9. The smallest absolute Gasteiger partial charge is 0.419 e. The standard InChI is InChI=1S/C38H43F9N2O4/c1-8-48(7)11-10-23-19-49(31(51)18-27(23)37(42,43)44)29(12-20(3)4)30(50)15-24(16-32(52)53-9-2)34-35(40)26(17-28(36(34)41)38(45,46)47)33-21(5)13-25(39)14-22(33)6/h13-14,17-20,24,29H,8-12,15-16H2,1-7H3/t24-,29?/m0/s1. The molecule has 53 heavy (non-hydrogen) atoms. The van der Waals surface area contributed by atoms with Crippen LogP contribution in [0.4, 0.5) is 39.5 Å². The maximum atomic E-state index is 16.6. The Morgan fingerprint density at radius 2 is 1.45 bits per heavy atom. The zero-order valence-corrected chi connectivity index (χ0v) is 30.5. The van der Waals surface area contributed by atoms with E-state index in [-0.39, 0.29) is 60.2 Å². The molecule has 2 atom stereocenters. The van der Waals surface area contributed by atoms with Gasteiger partial charge >= 0.3 is 18.3 Å². The summed E-state index contributed by atoms with van der Waals surface area (Å²) < 4.78 is 138. The van der Waals surface area contributed by atoms with E-state index in [1.165, 1.54) is 20.8 Å². The van der Waals surface area contributed by atoms with Crippen LogP contribution in [0.2, 0.25) is 0 Å². The van der Waals surface area contributed by atoms with Crippen LogP contribution in [-0.4, -0.2) is 48.0 Å². The maximum Gasteiger partial charge on any atom is 0.419 e. The Balaban J connectivity index is 2.32. The number of hydrogen-bond donors (Lipinski definition) is 0. The van der Waals surface area contributed by atoms with Crippen molar-refractivity contribution < 1.29 is 53.8 Å². The molecule has 2 aromatic carbocycles. The zero-order valence-electron chi connectivity index (χ0n) is 30.5. The Hall–Kier alpha value is -4.14. The summed E-state index contributed by atoms with van der Waals surface area (Å²) in [5.41, 5.74) is -6.77. The van der Waals surface area contributed by atoms with E-state index in [2.05, 4.69) is 0 Å². The fourth-order valence-electron chi connectivity index (χ4n) is 6.43. The number of ketones is 1. The van der Waals surface area contributed by atoms with Crippen LogP contribution >= 0.6 is 0 Å². The van der Waals surface area contributed by atoms with Gasteiger partial charge in [0.2, 0.25) is 0 Å². The van der Waals surface area contributed by atoms with E-state index in [0.29, 0.717) is 12.6 Å². The highest BCUT2D eigenvalue weighted by Crippen LogP contribution is 2.44. The van der Waals surface area contributed by atoms with Crippen molar-refractivity contribution in [1.29, 1.82) is 0 Å². The number of carbonyl (C=O) groups excluding carboxylic acids is 2. The topological polar surface area (TPSA) is 68.6 Å². The molecule has 3 aromatic rings. The largest absolute Gasteiger partial charge is 0.466 e. The summed E-state index contributed by atoms with van der Waals surface area (Å²) in [6, 6.07) is 0.972. The van der Waals surface area contributed by atoms with Crippen molar-refractivity contribution in [1.82, 2.24) is 9.47 Å². The van der Waals surface area contributed by atoms with Gasteiger partial charge in [0, 0.05) is 42.3 Å². The van der Waals surface area contributed by atoms with Crippen molar-refractivity contribution in [2.24, 2.45) is 5.92 Å². The minimum atomic E-state index is -5.39. The number of aryl methyl sites for hydroxylation is 2. The molecule has 0 fully saturated rings. The molecule has 0 aliphatic carbocycles. The number of hydrogen-bond acceptors (Lipinski definition) is 5. The first-order valence-corrected chi connectivity index (χ1v) is 17.1. The summed E-state index contributed by atoms with van der Waals surface area (Å²) in [6.45, 7) is 9.56. The lowest BCUT2D eigenvalue weighted by atomic mass is 9.83. The molecule has 0 N–H and O–H groups in total. The molecule has 6 nitrogen and oxygen atoms in total. The van der Waals surface area contributed by atoms with Crippen molar-refractivity contribution in [2.75, 3.05) is 26.7 Å². The summed E-state index contributed by atoms with van der Waals surface area (Å²) in [4.78, 5) is 42.0. The average Bonchev–Trinajstić information content (AvgIpc) is 3.02. The SMILES string of the molecule is CCOC(=O)C[C@H](CC(=O)C(CC(C)C)n1cc(CCN(C)CC)c(C(F)(F)F)cc1=O)c1c(F)c(-c2c(C)cc(F)cc2C)cc(C(F)(F)F)c1F. The molecule has 0 amide bonds. The highest BCUT2D eigenvalue weighted by atomic mass is 19.4. The highest BCUT2D eigenvalue weighted by Gasteiger charge is 2.41. The van der Waals surface area contributed by atoms with E-state index in [4.69, 9.17) is 4.74 Å². The number of ether oxygens (including phenoxy) is 1. The number of likely N-dealkylation sites (N-methyl/N-ethyl adjacent to an activating group) is 1. The van der Waals surface area contributed by atoms with Crippen molar-refractivity contribution >= 4 is 11.8 Å². The summed E-state index contributed by atoms with van der Waals surface area (Å²) >= 11 is 0. The molecule has 1 heterocycles. The Labute approximate surface area is 301 Å². The number of benzene rings is 2. The molecule has 0 saturated heterocycles. The molecule has 0 aliphatic heterocycles. The van der Waals surface area contributed by atoms with Crippen molar-refractivity contribution in [3.8, 4) is 11.1 Å². The summed E-state index contributed by atoms with van der Waals surface area (Å²) in [6.07, 6.45) is -11.7. The average molecular weight is 763 g/mol. The second kappa shape index (κ2) is 17.3. The number of pyridine rings is 1. The predicted molar refractivity (Wildman–Crippen MR) is 181 cm³/mol. The molecule has 292 valence electrons. The minimum Gasteiger partial charge on any atom is -0.466 e. The van der Waals surface area contributed by atoms with Crippen LogP contribution in [0.3, 0.4) is 0 Å². The molecule has 0 bridgehead atoms. The molecule has 1 aromatic heterocycles. The Bertz CT molecular complexity index is 1840. The quantitative estimate of drug-likeness (QED) is 0.114. The molecule has 0 aliphatic rings. The van der Waals surface area contributed by atoms with Crippen molar-refractivity contribution in [3.05, 3.63) is 91.6 Å². The second-order valence-corrected chi connectivity index (χ2v) is 13.5. The molecule has 0 radical (unpaired) electrons. The normalized spacial score (nSPS) is 13.5. The first-order valence-electron chi connectivity index (χ1n) is 17.1. The van der Waals surface area contributed by atoms with Crippen LogP contribution < -0.4 is 5.56 Å². The van der Waals surface area contributed by atoms with E-state index >= 15 is 8.78 Å². The lowest BCUT2D eigenvalue weighted by Crippen LogP contribution is -2.34. The molecule has 1 unspecified atom stereocenters. The van der Waals surface area contributed by atoms with Gasteiger partial charge in [-0.05, 0) is 93.6 Å². The highest BCUT2D eigenvalue weighted by molar-refractivity contribution is 5.85. The van der Waals surface area contributed by atoms with E-state index in [0.717, 1.165) is 22.9 Å². The summed E-state index contributed by atoms with van der Waals surface area (Å²) in [5.74, 6) is -8.78.